The van der Waals surface area contributed by atoms with E-state index in [2.05, 4.69) is 0 Å². The number of nitriles is 1. The van der Waals surface area contributed by atoms with E-state index >= 15 is 0 Å². The zero-order valence-corrected chi connectivity index (χ0v) is 9.98. The van der Waals surface area contributed by atoms with Crippen molar-refractivity contribution in [3.63, 3.8) is 0 Å². The van der Waals surface area contributed by atoms with Crippen molar-refractivity contribution in [3.05, 3.63) is 0 Å². The first-order valence-corrected chi connectivity index (χ1v) is 5.69. The molecule has 0 fully saturated rings. The summed E-state index contributed by atoms with van der Waals surface area (Å²) in [6.07, 6.45) is 1.18. The van der Waals surface area contributed by atoms with E-state index in [4.69, 9.17) is 25.2 Å². The predicted molar refractivity (Wildman–Crippen MR) is 61.0 cm³/mol. The van der Waals surface area contributed by atoms with Crippen LogP contribution in [0.15, 0.2) is 0 Å². The Balaban J connectivity index is 3.59. The monoisotopic (exact) mass is 230 g/mol. The fraction of sp³-hybridized carbons (Fsp3) is 0.909. The van der Waals surface area contributed by atoms with Crippen molar-refractivity contribution in [2.24, 2.45) is 5.73 Å². The minimum atomic E-state index is -0.0646. The Hall–Kier alpha value is -0.670. The van der Waals surface area contributed by atoms with E-state index < -0.39 is 0 Å². The van der Waals surface area contributed by atoms with Crippen molar-refractivity contribution in [2.45, 2.75) is 25.9 Å². The first-order valence-electron chi connectivity index (χ1n) is 5.69. The lowest BCUT2D eigenvalue weighted by atomic mass is 10.4. The third-order valence-corrected chi connectivity index (χ3v) is 1.87. The number of nitrogens with two attached hydrogens (primary N) is 1. The van der Waals surface area contributed by atoms with Crippen LogP contribution in [0.25, 0.3) is 0 Å². The molecule has 1 unspecified atom stereocenters. The Kier molecular flexibility index (Phi) is 11.9. The molecule has 0 aromatic rings. The zero-order valence-electron chi connectivity index (χ0n) is 9.98. The molecule has 94 valence electrons. The van der Waals surface area contributed by atoms with Crippen LogP contribution in [0.2, 0.25) is 0 Å². The van der Waals surface area contributed by atoms with Gasteiger partial charge in [0.25, 0.3) is 0 Å². The second-order valence-electron chi connectivity index (χ2n) is 3.28. The Morgan fingerprint density at radius 3 is 2.62 bits per heavy atom. The molecule has 5 nitrogen and oxygen atoms in total. The normalized spacial score (nSPS) is 12.3. The minimum Gasteiger partial charge on any atom is -0.379 e. The average molecular weight is 230 g/mol. The molecule has 1 atom stereocenters. The molecule has 0 aliphatic heterocycles. The summed E-state index contributed by atoms with van der Waals surface area (Å²) in [5, 5.41) is 8.35. The molecule has 0 saturated heterocycles. The lowest BCUT2D eigenvalue weighted by Gasteiger charge is -2.17. The summed E-state index contributed by atoms with van der Waals surface area (Å²) < 4.78 is 16.1. The van der Waals surface area contributed by atoms with Crippen molar-refractivity contribution < 1.29 is 14.2 Å². The van der Waals surface area contributed by atoms with E-state index in [9.17, 15) is 0 Å². The summed E-state index contributed by atoms with van der Waals surface area (Å²) >= 11 is 0. The predicted octanol–water partition coefficient (Wildman–Crippen LogP) is 0.687. The molecule has 0 aliphatic rings. The van der Waals surface area contributed by atoms with Crippen LogP contribution in [0, 0.1) is 11.3 Å². The van der Waals surface area contributed by atoms with E-state index in [1.165, 1.54) is 0 Å². The largest absolute Gasteiger partial charge is 0.379 e. The molecular formula is C11H22N2O3. The second-order valence-corrected chi connectivity index (χ2v) is 3.28. The van der Waals surface area contributed by atoms with Gasteiger partial charge in [-0.15, -0.1) is 0 Å². The molecule has 0 bridgehead atoms. The van der Waals surface area contributed by atoms with E-state index in [1.807, 2.05) is 13.0 Å². The van der Waals surface area contributed by atoms with Gasteiger partial charge >= 0.3 is 0 Å². The van der Waals surface area contributed by atoms with E-state index in [-0.39, 0.29) is 6.10 Å². The number of rotatable bonds is 11. The molecular weight excluding hydrogens is 208 g/mol. The quantitative estimate of drug-likeness (QED) is 0.528. The van der Waals surface area contributed by atoms with Crippen LogP contribution in [0.3, 0.4) is 0 Å². The standard InChI is InChI=1S/C11H22N2O3/c1-2-14-9-11(16-8-4-6-13)10-15-7-3-5-12/h11H,2-4,6-10,13H2,1H3. The fourth-order valence-corrected chi connectivity index (χ4v) is 1.06. The SMILES string of the molecule is CCOCC(COCCC#N)OCCCN. The zero-order chi connectivity index (χ0) is 12.1. The number of ether oxygens (including phenoxy) is 3. The van der Waals surface area contributed by atoms with Crippen molar-refractivity contribution in [1.29, 1.82) is 5.26 Å². The Morgan fingerprint density at radius 1 is 1.25 bits per heavy atom. The molecule has 0 heterocycles. The maximum absolute atomic E-state index is 8.35. The molecule has 0 amide bonds. The highest BCUT2D eigenvalue weighted by atomic mass is 16.6. The van der Waals surface area contributed by atoms with Crippen LogP contribution in [0.5, 0.6) is 0 Å². The summed E-state index contributed by atoms with van der Waals surface area (Å²) in [6.45, 7) is 5.27. The first kappa shape index (κ1) is 15.3. The molecule has 0 rings (SSSR count). The molecule has 0 aromatic heterocycles. The lowest BCUT2D eigenvalue weighted by molar-refractivity contribution is -0.0575. The van der Waals surface area contributed by atoms with Crippen LogP contribution in [0.4, 0.5) is 0 Å². The van der Waals surface area contributed by atoms with Gasteiger partial charge in [0.1, 0.15) is 6.10 Å². The molecule has 5 heteroatoms. The molecule has 0 aromatic carbocycles. The van der Waals surface area contributed by atoms with Crippen molar-refractivity contribution >= 4 is 0 Å². The summed E-state index contributed by atoms with van der Waals surface area (Å²) in [6, 6.07) is 2.02. The first-order chi connectivity index (χ1) is 7.85. The molecule has 0 radical (unpaired) electrons. The maximum Gasteiger partial charge on any atom is 0.104 e. The van der Waals surface area contributed by atoms with E-state index in [1.54, 1.807) is 0 Å². The van der Waals surface area contributed by atoms with Gasteiger partial charge in [-0.25, -0.2) is 0 Å². The summed E-state index contributed by atoms with van der Waals surface area (Å²) in [4.78, 5) is 0. The number of hydrogen-bond acceptors (Lipinski definition) is 5. The molecule has 0 spiro atoms. The summed E-state index contributed by atoms with van der Waals surface area (Å²) in [5.74, 6) is 0. The number of nitrogens with zero attached hydrogens (tertiary/aromatic N) is 1. The molecule has 2 N–H and O–H groups in total. The van der Waals surface area contributed by atoms with Crippen molar-refractivity contribution in [2.75, 3.05) is 39.6 Å². The highest BCUT2D eigenvalue weighted by Gasteiger charge is 2.09. The highest BCUT2D eigenvalue weighted by Crippen LogP contribution is 1.97. The smallest absolute Gasteiger partial charge is 0.104 e. The van der Waals surface area contributed by atoms with Gasteiger partial charge in [0.05, 0.1) is 32.3 Å². The highest BCUT2D eigenvalue weighted by molar-refractivity contribution is 4.67. The minimum absolute atomic E-state index is 0.0646. The fourth-order valence-electron chi connectivity index (χ4n) is 1.06. The van der Waals surface area contributed by atoms with Gasteiger partial charge in [-0.1, -0.05) is 0 Å². The Morgan fingerprint density at radius 2 is 2.00 bits per heavy atom. The molecule has 0 aliphatic carbocycles. The van der Waals surface area contributed by atoms with Crippen molar-refractivity contribution in [3.8, 4) is 6.07 Å². The van der Waals surface area contributed by atoms with Crippen LogP contribution < -0.4 is 5.73 Å². The third kappa shape index (κ3) is 9.87. The molecule has 16 heavy (non-hydrogen) atoms. The van der Waals surface area contributed by atoms with Gasteiger partial charge in [0, 0.05) is 13.2 Å². The van der Waals surface area contributed by atoms with Crippen LogP contribution in [-0.4, -0.2) is 45.7 Å². The number of hydrogen-bond donors (Lipinski definition) is 1. The average Bonchev–Trinajstić information content (AvgIpc) is 2.31. The Bertz CT molecular complexity index is 183. The topological polar surface area (TPSA) is 77.5 Å². The van der Waals surface area contributed by atoms with Gasteiger partial charge in [0.2, 0.25) is 0 Å². The van der Waals surface area contributed by atoms with E-state index in [0.29, 0.717) is 46.0 Å². The van der Waals surface area contributed by atoms with Crippen LogP contribution in [-0.2, 0) is 14.2 Å². The van der Waals surface area contributed by atoms with Gasteiger partial charge in [-0.2, -0.15) is 5.26 Å². The summed E-state index contributed by atoms with van der Waals surface area (Å²) in [5.41, 5.74) is 5.38. The molecule has 0 saturated carbocycles. The third-order valence-electron chi connectivity index (χ3n) is 1.87. The van der Waals surface area contributed by atoms with E-state index in [0.717, 1.165) is 6.42 Å². The van der Waals surface area contributed by atoms with Gasteiger partial charge < -0.3 is 19.9 Å². The summed E-state index contributed by atoms with van der Waals surface area (Å²) in [7, 11) is 0. The lowest BCUT2D eigenvalue weighted by Crippen LogP contribution is -2.27. The van der Waals surface area contributed by atoms with Crippen LogP contribution >= 0.6 is 0 Å². The second kappa shape index (κ2) is 12.4. The van der Waals surface area contributed by atoms with Crippen molar-refractivity contribution in [1.82, 2.24) is 0 Å². The Labute approximate surface area is 97.5 Å². The van der Waals surface area contributed by atoms with Gasteiger partial charge in [-0.3, -0.25) is 0 Å². The van der Waals surface area contributed by atoms with Gasteiger partial charge in [0.15, 0.2) is 0 Å². The van der Waals surface area contributed by atoms with Crippen LogP contribution in [0.1, 0.15) is 19.8 Å². The van der Waals surface area contributed by atoms with Gasteiger partial charge in [-0.05, 0) is 19.9 Å². The maximum atomic E-state index is 8.35.